The summed E-state index contributed by atoms with van der Waals surface area (Å²) in [4.78, 5) is 10.9. The largest absolute Gasteiger partial charge is 0.461 e. The van der Waals surface area contributed by atoms with Gasteiger partial charge in [0, 0.05) is 6.92 Å². The van der Waals surface area contributed by atoms with Crippen molar-refractivity contribution < 1.29 is 9.53 Å². The molecule has 0 fully saturated rings. The summed E-state index contributed by atoms with van der Waals surface area (Å²) in [6, 6.07) is 0. The summed E-state index contributed by atoms with van der Waals surface area (Å²) in [5.41, 5.74) is 9.99. The minimum absolute atomic E-state index is 0.240. The van der Waals surface area contributed by atoms with E-state index in [-0.39, 0.29) is 5.97 Å². The third-order valence-electron chi connectivity index (χ3n) is 6.37. The van der Waals surface area contributed by atoms with Crippen LogP contribution in [0.4, 0.5) is 0 Å². The molecule has 0 aromatic rings. The third-order valence-corrected chi connectivity index (χ3v) is 6.37. The van der Waals surface area contributed by atoms with Crippen molar-refractivity contribution in [1.82, 2.24) is 0 Å². The van der Waals surface area contributed by atoms with E-state index in [4.69, 9.17) is 4.74 Å². The van der Waals surface area contributed by atoms with E-state index < -0.39 is 0 Å². The molecule has 0 aliphatic heterocycles. The number of hydrogen-bond donors (Lipinski definition) is 0. The fourth-order valence-electron chi connectivity index (χ4n) is 3.64. The molecule has 0 radical (unpaired) electrons. The molecule has 44 heavy (non-hydrogen) atoms. The van der Waals surface area contributed by atoms with Crippen LogP contribution in [-0.4, -0.2) is 12.6 Å². The van der Waals surface area contributed by atoms with Crippen LogP contribution in [0.25, 0.3) is 0 Å². The van der Waals surface area contributed by atoms with Crippen LogP contribution in [0.1, 0.15) is 94.9 Å². The Morgan fingerprint density at radius 1 is 0.455 bits per heavy atom. The van der Waals surface area contributed by atoms with Crippen LogP contribution in [0.3, 0.4) is 0 Å². The molecule has 0 aromatic heterocycles. The van der Waals surface area contributed by atoms with Gasteiger partial charge in [-0.15, -0.1) is 0 Å². The van der Waals surface area contributed by atoms with E-state index in [1.807, 2.05) is 6.92 Å². The van der Waals surface area contributed by atoms with Gasteiger partial charge in [-0.05, 0) is 93.6 Å². The van der Waals surface area contributed by atoms with E-state index in [9.17, 15) is 4.79 Å². The maximum absolute atomic E-state index is 10.9. The number of rotatable bonds is 18. The van der Waals surface area contributed by atoms with Crippen LogP contribution in [0, 0.1) is 0 Å². The predicted octanol–water partition coefficient (Wildman–Crippen LogP) is 12.5. The Kier molecular flexibility index (Phi) is 23.3. The highest BCUT2D eigenvalue weighted by atomic mass is 16.5. The first kappa shape index (κ1) is 40.1. The summed E-state index contributed by atoms with van der Waals surface area (Å²) in [5, 5.41) is 0. The summed E-state index contributed by atoms with van der Waals surface area (Å²) >= 11 is 0. The van der Waals surface area contributed by atoms with E-state index >= 15 is 0 Å². The zero-order valence-corrected chi connectivity index (χ0v) is 29.2. The highest BCUT2D eigenvalue weighted by Crippen LogP contribution is 2.09. The number of carbonyl (C=O) groups is 1. The fourth-order valence-corrected chi connectivity index (χ4v) is 3.64. The molecule has 0 bridgehead atoms. The molecule has 0 amide bonds. The minimum Gasteiger partial charge on any atom is -0.461 e. The lowest BCUT2D eigenvalue weighted by Crippen LogP contribution is -2.01. The highest BCUT2D eigenvalue weighted by Gasteiger charge is 1.95. The van der Waals surface area contributed by atoms with E-state index in [1.165, 1.54) is 45.9 Å². The van der Waals surface area contributed by atoms with Crippen molar-refractivity contribution in [2.75, 3.05) is 6.61 Å². The number of ether oxygens (including phenoxy) is 1. The van der Waals surface area contributed by atoms with Gasteiger partial charge in [-0.1, -0.05) is 148 Å². The van der Waals surface area contributed by atoms with Crippen molar-refractivity contribution in [1.29, 1.82) is 0 Å². The van der Waals surface area contributed by atoms with Crippen LogP contribution in [0.5, 0.6) is 0 Å². The van der Waals surface area contributed by atoms with Gasteiger partial charge in [0.25, 0.3) is 0 Å². The summed E-state index contributed by atoms with van der Waals surface area (Å²) in [6.07, 6.45) is 42.5. The molecule has 238 valence electrons. The Morgan fingerprint density at radius 2 is 0.818 bits per heavy atom. The maximum Gasteiger partial charge on any atom is 0.302 e. The molecule has 0 saturated heterocycles. The monoisotopic (exact) mass is 594 g/mol. The van der Waals surface area contributed by atoms with Crippen LogP contribution in [0.15, 0.2) is 154 Å². The number of carbonyl (C=O) groups excluding carboxylic acids is 1. The summed E-state index contributed by atoms with van der Waals surface area (Å²) in [5.74, 6) is -0.240. The smallest absolute Gasteiger partial charge is 0.302 e. The van der Waals surface area contributed by atoms with Crippen molar-refractivity contribution in [3.63, 3.8) is 0 Å². The lowest BCUT2D eigenvalue weighted by atomic mass is 10.1. The Hall–Kier alpha value is -3.91. The lowest BCUT2D eigenvalue weighted by Gasteiger charge is -2.02. The average molecular weight is 595 g/mol. The molecular formula is C42H58O2. The zero-order chi connectivity index (χ0) is 33.2. The molecule has 2 nitrogen and oxygen atoms in total. The van der Waals surface area contributed by atoms with Gasteiger partial charge in [-0.25, -0.2) is 0 Å². The number of allylic oxidation sites excluding steroid dienone is 25. The van der Waals surface area contributed by atoms with Gasteiger partial charge >= 0.3 is 5.97 Å². The van der Waals surface area contributed by atoms with Crippen LogP contribution < -0.4 is 0 Å². The van der Waals surface area contributed by atoms with Crippen LogP contribution in [-0.2, 0) is 9.53 Å². The third kappa shape index (κ3) is 27.0. The van der Waals surface area contributed by atoms with Gasteiger partial charge in [0.1, 0.15) is 6.61 Å². The van der Waals surface area contributed by atoms with E-state index in [1.54, 1.807) is 0 Å². The second kappa shape index (κ2) is 25.6. The first-order chi connectivity index (χ1) is 20.9. The lowest BCUT2D eigenvalue weighted by molar-refractivity contribution is -0.139. The molecule has 2 heteroatoms. The first-order valence-corrected chi connectivity index (χ1v) is 15.7. The SMILES string of the molecule is CC(=O)OC/C(C)=C/CC/C(C)=C/C=C/C(C)=C/C=C/C(C)=C/C=C/C=C(C)/C=C/C=C(C)/C=C/C=C(\C)CCC=C(C)C. The molecule has 0 aliphatic carbocycles. The topological polar surface area (TPSA) is 26.3 Å². The zero-order valence-electron chi connectivity index (χ0n) is 29.2. The Bertz CT molecular complexity index is 1280. The van der Waals surface area contributed by atoms with Crippen molar-refractivity contribution >= 4 is 5.97 Å². The van der Waals surface area contributed by atoms with E-state index in [0.717, 1.165) is 31.3 Å². The van der Waals surface area contributed by atoms with E-state index in [2.05, 4.69) is 165 Å². The Balaban J connectivity index is 4.69. The molecule has 0 aliphatic rings. The highest BCUT2D eigenvalue weighted by molar-refractivity contribution is 5.66. The molecule has 0 heterocycles. The molecule has 0 rings (SSSR count). The van der Waals surface area contributed by atoms with Crippen molar-refractivity contribution in [2.24, 2.45) is 0 Å². The van der Waals surface area contributed by atoms with E-state index in [0.29, 0.717) is 6.61 Å². The average Bonchev–Trinajstić information content (AvgIpc) is 2.94. The van der Waals surface area contributed by atoms with Crippen molar-refractivity contribution in [3.8, 4) is 0 Å². The van der Waals surface area contributed by atoms with Gasteiger partial charge in [0.15, 0.2) is 0 Å². The molecule has 0 N–H and O–H groups in total. The number of esters is 1. The Morgan fingerprint density at radius 3 is 1.20 bits per heavy atom. The maximum atomic E-state index is 10.9. The van der Waals surface area contributed by atoms with Crippen LogP contribution >= 0.6 is 0 Å². The standard InChI is InChI=1S/C42H58O2/c1-34(2)19-13-22-37(5)25-16-28-38(6)26-14-23-35(3)20-11-12-21-36(4)24-15-27-39(7)29-17-30-40(8)31-18-32-41(9)33-44-42(10)43/h11-12,14-17,19-21,23-30,32H,13,18,22,31,33H2,1-10H3/b12-11+,23-14+,24-15+,28-16+,29-17+,35-20+,36-21+,37-25+,38-26+,39-27+,40-30+,41-32+. The molecule has 0 unspecified atom stereocenters. The normalized spacial score (nSPS) is 15.2. The quantitative estimate of drug-likeness (QED) is 0.0896. The van der Waals surface area contributed by atoms with Crippen molar-refractivity contribution in [2.45, 2.75) is 94.9 Å². The molecule has 0 saturated carbocycles. The van der Waals surface area contributed by atoms with Crippen LogP contribution in [0.2, 0.25) is 0 Å². The molecule has 0 aromatic carbocycles. The molecule has 0 spiro atoms. The van der Waals surface area contributed by atoms with Gasteiger partial charge in [-0.3, -0.25) is 4.79 Å². The predicted molar refractivity (Wildman–Crippen MR) is 197 cm³/mol. The molecular weight excluding hydrogens is 536 g/mol. The minimum atomic E-state index is -0.240. The summed E-state index contributed by atoms with van der Waals surface area (Å²) < 4.78 is 5.01. The van der Waals surface area contributed by atoms with Gasteiger partial charge in [0.2, 0.25) is 0 Å². The summed E-state index contributed by atoms with van der Waals surface area (Å²) in [6.45, 7) is 20.9. The Labute approximate surface area is 270 Å². The second-order valence-corrected chi connectivity index (χ2v) is 11.7. The first-order valence-electron chi connectivity index (χ1n) is 15.7. The molecule has 0 atom stereocenters. The van der Waals surface area contributed by atoms with Gasteiger partial charge in [0.05, 0.1) is 0 Å². The van der Waals surface area contributed by atoms with Crippen molar-refractivity contribution in [3.05, 3.63) is 154 Å². The fraction of sp³-hybridized carbons (Fsp3) is 0.357. The number of hydrogen-bond acceptors (Lipinski definition) is 2. The van der Waals surface area contributed by atoms with Gasteiger partial charge < -0.3 is 4.74 Å². The second-order valence-electron chi connectivity index (χ2n) is 11.7. The summed E-state index contributed by atoms with van der Waals surface area (Å²) in [7, 11) is 0. The van der Waals surface area contributed by atoms with Gasteiger partial charge in [-0.2, -0.15) is 0 Å².